The minimum absolute atomic E-state index is 0.275. The number of alkyl halides is 1. The lowest BCUT2D eigenvalue weighted by atomic mass is 9.98. The van der Waals surface area contributed by atoms with Gasteiger partial charge in [0.2, 0.25) is 0 Å². The van der Waals surface area contributed by atoms with Gasteiger partial charge in [-0.05, 0) is 20.8 Å². The van der Waals surface area contributed by atoms with Crippen molar-refractivity contribution in [3.63, 3.8) is 0 Å². The van der Waals surface area contributed by atoms with Crippen LogP contribution in [-0.4, -0.2) is 18.4 Å². The topological polar surface area (TPSA) is 38.3 Å². The van der Waals surface area contributed by atoms with Gasteiger partial charge in [0.05, 0.1) is 5.41 Å². The third-order valence-corrected chi connectivity index (χ3v) is 1.16. The quantitative estimate of drug-likeness (QED) is 0.404. The first-order chi connectivity index (χ1) is 4.98. The van der Waals surface area contributed by atoms with Gasteiger partial charge in [-0.15, -0.1) is 11.6 Å². The Labute approximate surface area is 72.0 Å². The van der Waals surface area contributed by atoms with Crippen molar-refractivity contribution in [1.82, 2.24) is 5.48 Å². The highest BCUT2D eigenvalue weighted by Crippen LogP contribution is 2.13. The van der Waals surface area contributed by atoms with E-state index in [1.54, 1.807) is 20.8 Å². The molecule has 0 aliphatic carbocycles. The first-order valence-electron chi connectivity index (χ1n) is 3.48. The summed E-state index contributed by atoms with van der Waals surface area (Å²) >= 11 is 5.35. The molecule has 0 heterocycles. The second-order valence-electron chi connectivity index (χ2n) is 3.22. The Morgan fingerprint density at radius 3 is 2.45 bits per heavy atom. The lowest BCUT2D eigenvalue weighted by Gasteiger charge is -2.15. The molecule has 0 bridgehead atoms. The molecule has 4 heteroatoms. The first kappa shape index (κ1) is 10.7. The summed E-state index contributed by atoms with van der Waals surface area (Å²) in [4.78, 5) is 15.7. The predicted molar refractivity (Wildman–Crippen MR) is 44.3 cm³/mol. The minimum atomic E-state index is -0.459. The second-order valence-corrected chi connectivity index (χ2v) is 3.60. The summed E-state index contributed by atoms with van der Waals surface area (Å²) in [6.45, 7) is 5.84. The third-order valence-electron chi connectivity index (χ3n) is 0.974. The molecule has 3 nitrogen and oxygen atoms in total. The normalized spacial score (nSPS) is 11.3. The maximum atomic E-state index is 11.0. The molecule has 66 valence electrons. The summed E-state index contributed by atoms with van der Waals surface area (Å²) in [5.41, 5.74) is 2.00. The highest BCUT2D eigenvalue weighted by molar-refractivity contribution is 6.18. The molecule has 0 aliphatic heterocycles. The van der Waals surface area contributed by atoms with E-state index in [4.69, 9.17) is 11.6 Å². The average Bonchev–Trinajstić information content (AvgIpc) is 1.86. The Morgan fingerprint density at radius 2 is 2.09 bits per heavy atom. The summed E-state index contributed by atoms with van der Waals surface area (Å²) in [6.07, 6.45) is 0. The van der Waals surface area contributed by atoms with E-state index in [9.17, 15) is 4.79 Å². The van der Waals surface area contributed by atoms with E-state index in [1.165, 1.54) is 0 Å². The van der Waals surface area contributed by atoms with Crippen LogP contribution >= 0.6 is 11.6 Å². The van der Waals surface area contributed by atoms with Gasteiger partial charge in [-0.3, -0.25) is 0 Å². The molecule has 0 radical (unpaired) electrons. The zero-order valence-electron chi connectivity index (χ0n) is 7.11. The van der Waals surface area contributed by atoms with Gasteiger partial charge >= 0.3 is 5.97 Å². The molecular formula is C7H14ClNO2. The summed E-state index contributed by atoms with van der Waals surface area (Å²) < 4.78 is 0. The van der Waals surface area contributed by atoms with Crippen LogP contribution in [0.1, 0.15) is 20.8 Å². The molecule has 0 aliphatic rings. The van der Waals surface area contributed by atoms with Crippen molar-refractivity contribution < 1.29 is 9.63 Å². The predicted octanol–water partition coefficient (Wildman–Crippen LogP) is 1.32. The van der Waals surface area contributed by atoms with Crippen LogP contribution in [0.4, 0.5) is 0 Å². The molecule has 0 rings (SSSR count). The van der Waals surface area contributed by atoms with E-state index < -0.39 is 5.41 Å². The molecule has 0 fully saturated rings. The largest absolute Gasteiger partial charge is 0.370 e. The number of rotatable bonds is 3. The van der Waals surface area contributed by atoms with E-state index in [-0.39, 0.29) is 5.97 Å². The van der Waals surface area contributed by atoms with E-state index in [0.29, 0.717) is 12.4 Å². The van der Waals surface area contributed by atoms with Gasteiger partial charge in [-0.2, -0.15) is 5.48 Å². The Balaban J connectivity index is 3.54. The third kappa shape index (κ3) is 5.04. The van der Waals surface area contributed by atoms with E-state index in [0.717, 1.165) is 0 Å². The van der Waals surface area contributed by atoms with Crippen molar-refractivity contribution in [2.45, 2.75) is 20.8 Å². The Kier molecular flexibility index (Phi) is 4.45. The van der Waals surface area contributed by atoms with Crippen LogP contribution in [0.25, 0.3) is 0 Å². The fourth-order valence-corrected chi connectivity index (χ4v) is 0.385. The lowest BCUT2D eigenvalue weighted by molar-refractivity contribution is -0.160. The second kappa shape index (κ2) is 4.57. The number of carbonyl (C=O) groups excluding carboxylic acids is 1. The van der Waals surface area contributed by atoms with Gasteiger partial charge in [0.25, 0.3) is 0 Å². The van der Waals surface area contributed by atoms with Crippen molar-refractivity contribution in [2.24, 2.45) is 5.41 Å². The van der Waals surface area contributed by atoms with Crippen molar-refractivity contribution >= 4 is 17.6 Å². The molecule has 0 unspecified atom stereocenters. The van der Waals surface area contributed by atoms with E-state index >= 15 is 0 Å². The molecule has 0 aromatic rings. The van der Waals surface area contributed by atoms with E-state index in [2.05, 4.69) is 10.3 Å². The number of hydrogen-bond donors (Lipinski definition) is 1. The molecule has 0 aromatic carbocycles. The van der Waals surface area contributed by atoms with Crippen molar-refractivity contribution in [1.29, 1.82) is 0 Å². The molecule has 0 saturated carbocycles. The van der Waals surface area contributed by atoms with Gasteiger partial charge in [-0.1, -0.05) is 0 Å². The lowest BCUT2D eigenvalue weighted by Crippen LogP contribution is -2.30. The van der Waals surface area contributed by atoms with Crippen molar-refractivity contribution in [3.05, 3.63) is 0 Å². The Bertz CT molecular complexity index is 131. The average molecular weight is 180 g/mol. The van der Waals surface area contributed by atoms with Gasteiger partial charge in [0.15, 0.2) is 0 Å². The van der Waals surface area contributed by atoms with Gasteiger partial charge in [-0.25, -0.2) is 4.79 Å². The first-order valence-corrected chi connectivity index (χ1v) is 4.02. The summed E-state index contributed by atoms with van der Waals surface area (Å²) in [6, 6.07) is 0. The maximum Gasteiger partial charge on any atom is 0.329 e. The highest BCUT2D eigenvalue weighted by atomic mass is 35.5. The van der Waals surface area contributed by atoms with Crippen molar-refractivity contribution in [3.8, 4) is 0 Å². The standard InChI is InChI=1S/C7H14ClNO2/c1-7(2,3)6(10)11-9-5-4-8/h9H,4-5H2,1-3H3. The molecule has 0 aromatic heterocycles. The number of hydroxylamine groups is 1. The molecule has 0 saturated heterocycles. The van der Waals surface area contributed by atoms with Crippen molar-refractivity contribution in [2.75, 3.05) is 12.4 Å². The number of halogens is 1. The van der Waals surface area contributed by atoms with Gasteiger partial charge in [0, 0.05) is 12.4 Å². The van der Waals surface area contributed by atoms with Crippen LogP contribution in [0.2, 0.25) is 0 Å². The van der Waals surface area contributed by atoms with Crippen LogP contribution in [0.15, 0.2) is 0 Å². The number of nitrogens with one attached hydrogen (secondary N) is 1. The van der Waals surface area contributed by atoms with Gasteiger partial charge < -0.3 is 4.84 Å². The minimum Gasteiger partial charge on any atom is -0.370 e. The zero-order chi connectivity index (χ0) is 8.91. The number of hydrogen-bond acceptors (Lipinski definition) is 3. The van der Waals surface area contributed by atoms with Crippen LogP contribution in [0.5, 0.6) is 0 Å². The maximum absolute atomic E-state index is 11.0. The molecule has 1 N–H and O–H groups in total. The smallest absolute Gasteiger partial charge is 0.329 e. The SMILES string of the molecule is CC(C)(C)C(=O)ONCCCl. The van der Waals surface area contributed by atoms with Crippen LogP contribution in [-0.2, 0) is 9.63 Å². The summed E-state index contributed by atoms with van der Waals surface area (Å²) in [5.74, 6) is 0.153. The van der Waals surface area contributed by atoms with Crippen LogP contribution < -0.4 is 5.48 Å². The summed E-state index contributed by atoms with van der Waals surface area (Å²) in [7, 11) is 0. The van der Waals surface area contributed by atoms with E-state index in [1.807, 2.05) is 0 Å². The molecule has 0 amide bonds. The van der Waals surface area contributed by atoms with Crippen LogP contribution in [0.3, 0.4) is 0 Å². The van der Waals surface area contributed by atoms with Gasteiger partial charge in [0.1, 0.15) is 0 Å². The van der Waals surface area contributed by atoms with Crippen LogP contribution in [0, 0.1) is 5.41 Å². The highest BCUT2D eigenvalue weighted by Gasteiger charge is 2.22. The molecule has 11 heavy (non-hydrogen) atoms. The molecular weight excluding hydrogens is 166 g/mol. The monoisotopic (exact) mass is 179 g/mol. The Hall–Kier alpha value is -0.280. The molecule has 0 atom stereocenters. The zero-order valence-corrected chi connectivity index (χ0v) is 7.86. The Morgan fingerprint density at radius 1 is 1.55 bits per heavy atom. The summed E-state index contributed by atoms with van der Waals surface area (Å²) in [5, 5.41) is 0. The number of carbonyl (C=O) groups is 1. The molecule has 0 spiro atoms. The fraction of sp³-hybridized carbons (Fsp3) is 0.857. The fourth-order valence-electron chi connectivity index (χ4n) is 0.308.